The molecule has 0 aliphatic carbocycles. The number of hydrogen-bond donors (Lipinski definition) is 2. The van der Waals surface area contributed by atoms with Gasteiger partial charge in [-0.15, -0.1) is 0 Å². The minimum atomic E-state index is -0.179. The van der Waals surface area contributed by atoms with Crippen molar-refractivity contribution in [2.75, 3.05) is 5.32 Å². The van der Waals surface area contributed by atoms with Crippen molar-refractivity contribution in [2.45, 2.75) is 19.8 Å². The predicted molar refractivity (Wildman–Crippen MR) is 86.3 cm³/mol. The van der Waals surface area contributed by atoms with Crippen LogP contribution in [0.25, 0.3) is 0 Å². The van der Waals surface area contributed by atoms with Crippen molar-refractivity contribution < 1.29 is 9.90 Å². The zero-order chi connectivity index (χ0) is 15.4. The van der Waals surface area contributed by atoms with Gasteiger partial charge >= 0.3 is 0 Å². The molecule has 0 fully saturated rings. The van der Waals surface area contributed by atoms with E-state index in [4.69, 9.17) is 23.2 Å². The summed E-state index contributed by atoms with van der Waals surface area (Å²) in [6, 6.07) is 10.3. The summed E-state index contributed by atoms with van der Waals surface area (Å²) in [5.74, 6) is -0.125. The van der Waals surface area contributed by atoms with Gasteiger partial charge < -0.3 is 10.4 Å². The molecule has 0 bridgehead atoms. The molecule has 0 aliphatic rings. The third-order valence-corrected chi connectivity index (χ3v) is 3.65. The van der Waals surface area contributed by atoms with Crippen LogP contribution in [0.3, 0.4) is 0 Å². The number of hydrogen-bond acceptors (Lipinski definition) is 2. The Morgan fingerprint density at radius 3 is 2.67 bits per heavy atom. The molecular formula is C16H15Cl2NO2. The van der Waals surface area contributed by atoms with Crippen molar-refractivity contribution >= 4 is 34.8 Å². The van der Waals surface area contributed by atoms with Gasteiger partial charge in [-0.05, 0) is 48.7 Å². The maximum atomic E-state index is 11.9. The van der Waals surface area contributed by atoms with E-state index >= 15 is 0 Å². The van der Waals surface area contributed by atoms with Gasteiger partial charge in [-0.2, -0.15) is 0 Å². The Morgan fingerprint density at radius 2 is 1.95 bits per heavy atom. The second-order valence-corrected chi connectivity index (χ2v) is 5.65. The Labute approximate surface area is 133 Å². The highest BCUT2D eigenvalue weighted by molar-refractivity contribution is 6.35. The quantitative estimate of drug-likeness (QED) is 0.809. The Hall–Kier alpha value is -1.71. The van der Waals surface area contributed by atoms with E-state index in [-0.39, 0.29) is 18.1 Å². The molecule has 0 unspecified atom stereocenters. The van der Waals surface area contributed by atoms with Crippen molar-refractivity contribution in [2.24, 2.45) is 0 Å². The highest BCUT2D eigenvalue weighted by atomic mass is 35.5. The Kier molecular flexibility index (Phi) is 5.10. The van der Waals surface area contributed by atoms with Crippen LogP contribution in [0.2, 0.25) is 10.0 Å². The van der Waals surface area contributed by atoms with E-state index < -0.39 is 0 Å². The zero-order valence-electron chi connectivity index (χ0n) is 11.5. The lowest BCUT2D eigenvalue weighted by atomic mass is 10.1. The van der Waals surface area contributed by atoms with Gasteiger partial charge in [0.1, 0.15) is 5.75 Å². The minimum Gasteiger partial charge on any atom is -0.506 e. The summed E-state index contributed by atoms with van der Waals surface area (Å²) in [7, 11) is 0. The molecule has 0 spiro atoms. The van der Waals surface area contributed by atoms with Crippen LogP contribution >= 0.6 is 23.2 Å². The first-order chi connectivity index (χ1) is 9.95. The number of anilines is 1. The van der Waals surface area contributed by atoms with Crippen molar-refractivity contribution in [1.82, 2.24) is 0 Å². The fourth-order valence-electron chi connectivity index (χ4n) is 1.94. The maximum absolute atomic E-state index is 11.9. The van der Waals surface area contributed by atoms with Crippen molar-refractivity contribution in [3.63, 3.8) is 0 Å². The van der Waals surface area contributed by atoms with Crippen molar-refractivity contribution in [1.29, 1.82) is 0 Å². The molecule has 21 heavy (non-hydrogen) atoms. The third-order valence-electron chi connectivity index (χ3n) is 3.06. The standard InChI is InChI=1S/C16H15Cl2NO2/c1-10-2-6-15(20)14(8-10)19-16(21)7-4-11-3-5-12(17)9-13(11)18/h2-3,5-6,8-9,20H,4,7H2,1H3,(H,19,21). The van der Waals surface area contributed by atoms with Crippen LogP contribution in [-0.4, -0.2) is 11.0 Å². The van der Waals surface area contributed by atoms with Crippen molar-refractivity contribution in [3.05, 3.63) is 57.6 Å². The van der Waals surface area contributed by atoms with Crippen LogP contribution in [-0.2, 0) is 11.2 Å². The van der Waals surface area contributed by atoms with Gasteiger partial charge in [0.05, 0.1) is 5.69 Å². The van der Waals surface area contributed by atoms with Crippen LogP contribution in [0.15, 0.2) is 36.4 Å². The molecule has 110 valence electrons. The largest absolute Gasteiger partial charge is 0.506 e. The lowest BCUT2D eigenvalue weighted by Crippen LogP contribution is -2.12. The summed E-state index contributed by atoms with van der Waals surface area (Å²) in [5, 5.41) is 13.5. The topological polar surface area (TPSA) is 49.3 Å². The molecule has 0 aromatic heterocycles. The molecule has 0 radical (unpaired) electrons. The summed E-state index contributed by atoms with van der Waals surface area (Å²) >= 11 is 11.9. The maximum Gasteiger partial charge on any atom is 0.224 e. The molecular weight excluding hydrogens is 309 g/mol. The first kappa shape index (κ1) is 15.7. The fourth-order valence-corrected chi connectivity index (χ4v) is 2.44. The zero-order valence-corrected chi connectivity index (χ0v) is 13.0. The van der Waals surface area contributed by atoms with Gasteiger partial charge in [0, 0.05) is 16.5 Å². The first-order valence-electron chi connectivity index (χ1n) is 6.49. The fraction of sp³-hybridized carbons (Fsp3) is 0.188. The van der Waals surface area contributed by atoms with Gasteiger partial charge in [0.15, 0.2) is 0 Å². The van der Waals surface area contributed by atoms with E-state index in [2.05, 4.69) is 5.32 Å². The van der Waals surface area contributed by atoms with E-state index in [0.29, 0.717) is 22.2 Å². The first-order valence-corrected chi connectivity index (χ1v) is 7.24. The van der Waals surface area contributed by atoms with E-state index in [1.165, 1.54) is 0 Å². The van der Waals surface area contributed by atoms with Crippen molar-refractivity contribution in [3.8, 4) is 5.75 Å². The number of benzene rings is 2. The molecule has 5 heteroatoms. The number of amides is 1. The second kappa shape index (κ2) is 6.83. The van der Waals surface area contributed by atoms with Crippen LogP contribution in [0.1, 0.15) is 17.5 Å². The molecule has 2 rings (SSSR count). The average molecular weight is 324 g/mol. The third kappa shape index (κ3) is 4.38. The number of halogens is 2. The number of carbonyl (C=O) groups is 1. The molecule has 2 aromatic rings. The molecule has 1 amide bonds. The lowest BCUT2D eigenvalue weighted by molar-refractivity contribution is -0.116. The highest BCUT2D eigenvalue weighted by Gasteiger charge is 2.08. The number of aryl methyl sites for hydroxylation is 2. The van der Waals surface area contributed by atoms with Gasteiger partial charge in [-0.3, -0.25) is 4.79 Å². The molecule has 0 saturated heterocycles. The highest BCUT2D eigenvalue weighted by Crippen LogP contribution is 2.25. The molecule has 0 saturated carbocycles. The van der Waals surface area contributed by atoms with E-state index in [1.54, 1.807) is 30.3 Å². The molecule has 0 aliphatic heterocycles. The normalized spacial score (nSPS) is 10.4. The Balaban J connectivity index is 1.97. The molecule has 2 aromatic carbocycles. The molecule has 3 nitrogen and oxygen atoms in total. The molecule has 0 atom stereocenters. The van der Waals surface area contributed by atoms with Crippen LogP contribution in [0.4, 0.5) is 5.69 Å². The number of phenolic OH excluding ortho intramolecular Hbond substituents is 1. The summed E-state index contributed by atoms with van der Waals surface area (Å²) in [6.07, 6.45) is 0.781. The number of nitrogens with one attached hydrogen (secondary N) is 1. The number of carbonyl (C=O) groups excluding carboxylic acids is 1. The van der Waals surface area contributed by atoms with Crippen LogP contribution in [0, 0.1) is 6.92 Å². The number of aromatic hydroxyl groups is 1. The van der Waals surface area contributed by atoms with E-state index in [0.717, 1.165) is 11.1 Å². The van der Waals surface area contributed by atoms with E-state index in [1.807, 2.05) is 13.0 Å². The monoisotopic (exact) mass is 323 g/mol. The predicted octanol–water partition coefficient (Wildman–Crippen LogP) is 4.58. The Morgan fingerprint density at radius 1 is 1.19 bits per heavy atom. The van der Waals surface area contributed by atoms with Gasteiger partial charge in [0.2, 0.25) is 5.91 Å². The summed E-state index contributed by atoms with van der Waals surface area (Å²) in [6.45, 7) is 1.89. The van der Waals surface area contributed by atoms with E-state index in [9.17, 15) is 9.90 Å². The van der Waals surface area contributed by atoms with Gasteiger partial charge in [-0.1, -0.05) is 35.3 Å². The molecule has 2 N–H and O–H groups in total. The molecule has 0 heterocycles. The lowest BCUT2D eigenvalue weighted by Gasteiger charge is -2.09. The number of rotatable bonds is 4. The summed E-state index contributed by atoms with van der Waals surface area (Å²) in [5.41, 5.74) is 2.25. The van der Waals surface area contributed by atoms with Gasteiger partial charge in [-0.25, -0.2) is 0 Å². The smallest absolute Gasteiger partial charge is 0.224 e. The Bertz CT molecular complexity index is 671. The second-order valence-electron chi connectivity index (χ2n) is 4.80. The number of phenols is 1. The minimum absolute atomic E-state index is 0.0541. The SMILES string of the molecule is Cc1ccc(O)c(NC(=O)CCc2ccc(Cl)cc2Cl)c1. The average Bonchev–Trinajstić information content (AvgIpc) is 2.42. The van der Waals surface area contributed by atoms with Crippen LogP contribution in [0.5, 0.6) is 5.75 Å². The van der Waals surface area contributed by atoms with Crippen LogP contribution < -0.4 is 5.32 Å². The summed E-state index contributed by atoms with van der Waals surface area (Å²) < 4.78 is 0. The summed E-state index contributed by atoms with van der Waals surface area (Å²) in [4.78, 5) is 11.9. The van der Waals surface area contributed by atoms with Gasteiger partial charge in [0.25, 0.3) is 0 Å².